The maximum Gasteiger partial charge on any atom is 0.142 e. The van der Waals surface area contributed by atoms with Crippen LogP contribution in [0.5, 0.6) is 11.5 Å². The molecule has 0 saturated carbocycles. The predicted octanol–water partition coefficient (Wildman–Crippen LogP) is 1.34. The first-order valence-electron chi connectivity index (χ1n) is 6.48. The molecule has 0 bridgehead atoms. The van der Waals surface area contributed by atoms with Crippen molar-refractivity contribution in [1.29, 1.82) is 0 Å². The van der Waals surface area contributed by atoms with Crippen LogP contribution in [0.4, 0.5) is 5.69 Å². The Balaban J connectivity index is 2.05. The smallest absolute Gasteiger partial charge is 0.142 e. The van der Waals surface area contributed by atoms with Crippen molar-refractivity contribution in [3.05, 3.63) is 18.2 Å². The zero-order valence-electron chi connectivity index (χ0n) is 12.1. The van der Waals surface area contributed by atoms with E-state index in [9.17, 15) is 0 Å². The van der Waals surface area contributed by atoms with Crippen molar-refractivity contribution in [1.82, 2.24) is 0 Å². The molecule has 6 nitrogen and oxygen atoms in total. The second-order valence-corrected chi connectivity index (χ2v) is 3.97. The molecule has 0 aliphatic rings. The lowest BCUT2D eigenvalue weighted by Gasteiger charge is -2.10. The quantitative estimate of drug-likeness (QED) is 0.488. The maximum atomic E-state index is 5.78. The molecule has 0 aliphatic carbocycles. The lowest BCUT2D eigenvalue weighted by molar-refractivity contribution is 0.0180. The van der Waals surface area contributed by atoms with Crippen molar-refractivity contribution in [3.63, 3.8) is 0 Å². The Hall–Kier alpha value is -1.50. The van der Waals surface area contributed by atoms with E-state index in [4.69, 9.17) is 29.4 Å². The molecule has 1 aromatic carbocycles. The van der Waals surface area contributed by atoms with Crippen LogP contribution in [0.3, 0.4) is 0 Å². The fraction of sp³-hybridized carbons (Fsp3) is 0.571. The van der Waals surface area contributed by atoms with Crippen molar-refractivity contribution in [2.45, 2.75) is 0 Å². The molecule has 20 heavy (non-hydrogen) atoms. The molecule has 0 aliphatic heterocycles. The first kappa shape index (κ1) is 16.6. The molecule has 0 radical (unpaired) electrons. The van der Waals surface area contributed by atoms with Gasteiger partial charge in [0.2, 0.25) is 0 Å². The molecule has 0 saturated heterocycles. The minimum Gasteiger partial charge on any atom is -0.495 e. The summed E-state index contributed by atoms with van der Waals surface area (Å²) in [6, 6.07) is 5.31. The molecule has 1 rings (SSSR count). The highest BCUT2D eigenvalue weighted by molar-refractivity contribution is 5.56. The SMILES string of the molecule is COCCOCCOCCOc1ccc(OC)c(N)c1. The molecule has 0 unspecified atom stereocenters. The largest absolute Gasteiger partial charge is 0.495 e. The summed E-state index contributed by atoms with van der Waals surface area (Å²) in [7, 11) is 3.22. The summed E-state index contributed by atoms with van der Waals surface area (Å²) in [5.41, 5.74) is 6.33. The number of benzene rings is 1. The van der Waals surface area contributed by atoms with Gasteiger partial charge in [0.1, 0.15) is 18.1 Å². The van der Waals surface area contributed by atoms with Gasteiger partial charge in [0.25, 0.3) is 0 Å². The van der Waals surface area contributed by atoms with E-state index in [2.05, 4.69) is 0 Å². The van der Waals surface area contributed by atoms with Gasteiger partial charge in [-0.1, -0.05) is 0 Å². The first-order chi connectivity index (χ1) is 9.77. The number of rotatable bonds is 11. The van der Waals surface area contributed by atoms with Crippen LogP contribution in [0, 0.1) is 0 Å². The van der Waals surface area contributed by atoms with Crippen LogP contribution in [0.1, 0.15) is 0 Å². The second-order valence-electron chi connectivity index (χ2n) is 3.97. The molecular formula is C14H23NO5. The molecule has 6 heteroatoms. The maximum absolute atomic E-state index is 5.78. The molecule has 0 heterocycles. The summed E-state index contributed by atoms with van der Waals surface area (Å²) in [6.45, 7) is 3.24. The highest BCUT2D eigenvalue weighted by atomic mass is 16.6. The fourth-order valence-corrected chi connectivity index (χ4v) is 1.48. The Morgan fingerprint density at radius 3 is 2.15 bits per heavy atom. The van der Waals surface area contributed by atoms with E-state index >= 15 is 0 Å². The van der Waals surface area contributed by atoms with Gasteiger partial charge in [0.15, 0.2) is 0 Å². The zero-order chi connectivity index (χ0) is 14.6. The van der Waals surface area contributed by atoms with Crippen LogP contribution in [-0.4, -0.2) is 53.9 Å². The molecule has 0 fully saturated rings. The molecule has 2 N–H and O–H groups in total. The minimum atomic E-state index is 0.462. The number of anilines is 1. The van der Waals surface area contributed by atoms with Crippen molar-refractivity contribution in [2.24, 2.45) is 0 Å². The molecule has 114 valence electrons. The fourth-order valence-electron chi connectivity index (χ4n) is 1.48. The Bertz CT molecular complexity index is 373. The van der Waals surface area contributed by atoms with E-state index in [1.165, 1.54) is 0 Å². The summed E-state index contributed by atoms with van der Waals surface area (Å²) in [4.78, 5) is 0. The summed E-state index contributed by atoms with van der Waals surface area (Å²) < 4.78 is 26.1. The molecule has 0 atom stereocenters. The van der Waals surface area contributed by atoms with Crippen LogP contribution >= 0.6 is 0 Å². The summed E-state index contributed by atoms with van der Waals surface area (Å²) in [5, 5.41) is 0. The van der Waals surface area contributed by atoms with Gasteiger partial charge >= 0.3 is 0 Å². The van der Waals surface area contributed by atoms with Gasteiger partial charge in [-0.2, -0.15) is 0 Å². The number of ether oxygens (including phenoxy) is 5. The van der Waals surface area contributed by atoms with E-state index in [0.717, 1.165) is 0 Å². The topological polar surface area (TPSA) is 72.2 Å². The number of methoxy groups -OCH3 is 2. The third kappa shape index (κ3) is 6.60. The average molecular weight is 285 g/mol. The van der Waals surface area contributed by atoms with Crippen LogP contribution in [0.25, 0.3) is 0 Å². The van der Waals surface area contributed by atoms with Gasteiger partial charge in [0, 0.05) is 13.2 Å². The van der Waals surface area contributed by atoms with Gasteiger partial charge < -0.3 is 29.4 Å². The average Bonchev–Trinajstić information content (AvgIpc) is 2.46. The zero-order valence-corrected chi connectivity index (χ0v) is 12.1. The molecular weight excluding hydrogens is 262 g/mol. The predicted molar refractivity (Wildman–Crippen MR) is 76.4 cm³/mol. The number of hydrogen-bond acceptors (Lipinski definition) is 6. The molecule has 0 amide bonds. The van der Waals surface area contributed by atoms with Crippen LogP contribution in [0.2, 0.25) is 0 Å². The standard InChI is InChI=1S/C14H23NO5/c1-16-5-6-18-7-8-19-9-10-20-12-3-4-14(17-2)13(15)11-12/h3-4,11H,5-10,15H2,1-2H3. The van der Waals surface area contributed by atoms with E-state index in [1.807, 2.05) is 6.07 Å². The Kier molecular flexibility index (Phi) is 8.53. The molecule has 0 spiro atoms. The number of nitrogen functional groups attached to an aromatic ring is 1. The first-order valence-corrected chi connectivity index (χ1v) is 6.48. The summed E-state index contributed by atoms with van der Waals surface area (Å²) in [5.74, 6) is 1.34. The monoisotopic (exact) mass is 285 g/mol. The minimum absolute atomic E-state index is 0.462. The highest BCUT2D eigenvalue weighted by Gasteiger charge is 2.01. The Labute approximate surface area is 119 Å². The van der Waals surface area contributed by atoms with E-state index in [0.29, 0.717) is 56.8 Å². The van der Waals surface area contributed by atoms with E-state index < -0.39 is 0 Å². The summed E-state index contributed by atoms with van der Waals surface area (Å²) >= 11 is 0. The molecule has 0 aromatic heterocycles. The summed E-state index contributed by atoms with van der Waals surface area (Å²) in [6.07, 6.45) is 0. The normalized spacial score (nSPS) is 10.5. The van der Waals surface area contributed by atoms with Gasteiger partial charge in [-0.05, 0) is 12.1 Å². The number of hydrogen-bond donors (Lipinski definition) is 1. The third-order valence-corrected chi connectivity index (χ3v) is 2.50. The molecule has 1 aromatic rings. The van der Waals surface area contributed by atoms with Crippen molar-refractivity contribution < 1.29 is 23.7 Å². The Morgan fingerprint density at radius 2 is 1.55 bits per heavy atom. The van der Waals surface area contributed by atoms with Crippen molar-refractivity contribution in [3.8, 4) is 11.5 Å². The Morgan fingerprint density at radius 1 is 0.900 bits per heavy atom. The van der Waals surface area contributed by atoms with Crippen molar-refractivity contribution in [2.75, 3.05) is 59.6 Å². The highest BCUT2D eigenvalue weighted by Crippen LogP contribution is 2.25. The third-order valence-electron chi connectivity index (χ3n) is 2.50. The van der Waals surface area contributed by atoms with Gasteiger partial charge in [0.05, 0.1) is 45.8 Å². The van der Waals surface area contributed by atoms with Crippen molar-refractivity contribution >= 4 is 5.69 Å². The lowest BCUT2D eigenvalue weighted by Crippen LogP contribution is -2.12. The van der Waals surface area contributed by atoms with Gasteiger partial charge in [-0.3, -0.25) is 0 Å². The van der Waals surface area contributed by atoms with Gasteiger partial charge in [-0.25, -0.2) is 0 Å². The van der Waals surface area contributed by atoms with Crippen LogP contribution in [-0.2, 0) is 14.2 Å². The van der Waals surface area contributed by atoms with E-state index in [-0.39, 0.29) is 0 Å². The van der Waals surface area contributed by atoms with Crippen LogP contribution in [0.15, 0.2) is 18.2 Å². The van der Waals surface area contributed by atoms with E-state index in [1.54, 1.807) is 26.4 Å². The number of nitrogens with two attached hydrogens (primary N) is 1. The second kappa shape index (κ2) is 10.3. The van der Waals surface area contributed by atoms with Crippen LogP contribution < -0.4 is 15.2 Å². The lowest BCUT2D eigenvalue weighted by atomic mass is 10.3. The van der Waals surface area contributed by atoms with Gasteiger partial charge in [-0.15, -0.1) is 0 Å².